The van der Waals surface area contributed by atoms with Crippen molar-refractivity contribution in [2.75, 3.05) is 5.32 Å². The third kappa shape index (κ3) is 5.25. The Hall–Kier alpha value is -4.19. The summed E-state index contributed by atoms with van der Waals surface area (Å²) in [5.41, 5.74) is 2.08. The van der Waals surface area contributed by atoms with E-state index in [2.05, 4.69) is 10.3 Å². The SMILES string of the molecule is O=C(Nc1cccc(OCc2ccccn2)c1)c1cccn(Cc2ccccc2)c1=O. The van der Waals surface area contributed by atoms with Gasteiger partial charge in [0, 0.05) is 24.1 Å². The van der Waals surface area contributed by atoms with E-state index in [1.54, 1.807) is 42.7 Å². The predicted octanol–water partition coefficient (Wildman–Crippen LogP) is 4.12. The highest BCUT2D eigenvalue weighted by molar-refractivity contribution is 6.04. The highest BCUT2D eigenvalue weighted by Crippen LogP contribution is 2.19. The number of nitrogens with zero attached hydrogens (tertiary/aromatic N) is 2. The van der Waals surface area contributed by atoms with Gasteiger partial charge in [-0.2, -0.15) is 0 Å². The molecule has 1 amide bonds. The number of nitrogens with one attached hydrogen (secondary N) is 1. The molecule has 0 aliphatic heterocycles. The van der Waals surface area contributed by atoms with Gasteiger partial charge in [-0.25, -0.2) is 0 Å². The van der Waals surface area contributed by atoms with Crippen molar-refractivity contribution < 1.29 is 9.53 Å². The first-order chi connectivity index (χ1) is 15.2. The molecule has 2 aromatic carbocycles. The molecule has 4 rings (SSSR count). The predicted molar refractivity (Wildman–Crippen MR) is 119 cm³/mol. The number of anilines is 1. The Labute approximate surface area is 179 Å². The Balaban J connectivity index is 1.46. The zero-order valence-corrected chi connectivity index (χ0v) is 16.8. The lowest BCUT2D eigenvalue weighted by molar-refractivity contribution is 0.102. The molecule has 0 unspecified atom stereocenters. The summed E-state index contributed by atoms with van der Waals surface area (Å²) in [7, 11) is 0. The molecule has 6 heteroatoms. The summed E-state index contributed by atoms with van der Waals surface area (Å²) in [6.07, 6.45) is 3.39. The van der Waals surface area contributed by atoms with E-state index in [1.807, 2.05) is 48.5 Å². The fourth-order valence-corrected chi connectivity index (χ4v) is 3.12. The largest absolute Gasteiger partial charge is 0.487 e. The molecule has 2 heterocycles. The smallest absolute Gasteiger partial charge is 0.263 e. The van der Waals surface area contributed by atoms with Crippen LogP contribution in [0.2, 0.25) is 0 Å². The van der Waals surface area contributed by atoms with Gasteiger partial charge in [-0.1, -0.05) is 42.5 Å². The van der Waals surface area contributed by atoms with Crippen LogP contribution in [-0.2, 0) is 13.2 Å². The molecule has 6 nitrogen and oxygen atoms in total. The van der Waals surface area contributed by atoms with Crippen LogP contribution in [0.15, 0.2) is 102 Å². The van der Waals surface area contributed by atoms with E-state index in [1.165, 1.54) is 10.6 Å². The van der Waals surface area contributed by atoms with E-state index < -0.39 is 5.91 Å². The molecule has 0 saturated heterocycles. The summed E-state index contributed by atoms with van der Waals surface area (Å²) in [6.45, 7) is 0.721. The number of aromatic nitrogens is 2. The van der Waals surface area contributed by atoms with E-state index >= 15 is 0 Å². The fourth-order valence-electron chi connectivity index (χ4n) is 3.12. The second kappa shape index (κ2) is 9.54. The van der Waals surface area contributed by atoms with Crippen LogP contribution in [0.5, 0.6) is 5.75 Å². The lowest BCUT2D eigenvalue weighted by atomic mass is 10.2. The van der Waals surface area contributed by atoms with Crippen LogP contribution >= 0.6 is 0 Å². The maximum Gasteiger partial charge on any atom is 0.263 e. The van der Waals surface area contributed by atoms with E-state index in [9.17, 15) is 9.59 Å². The zero-order chi connectivity index (χ0) is 21.5. The summed E-state index contributed by atoms with van der Waals surface area (Å²) in [6, 6.07) is 25.5. The summed E-state index contributed by atoms with van der Waals surface area (Å²) in [5, 5.41) is 2.78. The lowest BCUT2D eigenvalue weighted by Crippen LogP contribution is -2.29. The molecule has 2 aromatic heterocycles. The lowest BCUT2D eigenvalue weighted by Gasteiger charge is -2.10. The molecule has 4 aromatic rings. The van der Waals surface area contributed by atoms with Gasteiger partial charge in [-0.3, -0.25) is 14.6 Å². The van der Waals surface area contributed by atoms with Gasteiger partial charge in [0.1, 0.15) is 17.9 Å². The summed E-state index contributed by atoms with van der Waals surface area (Å²) < 4.78 is 7.27. The number of benzene rings is 2. The van der Waals surface area contributed by atoms with Crippen molar-refractivity contribution in [2.45, 2.75) is 13.2 Å². The molecule has 0 aliphatic carbocycles. The van der Waals surface area contributed by atoms with Gasteiger partial charge < -0.3 is 14.6 Å². The van der Waals surface area contributed by atoms with Crippen LogP contribution < -0.4 is 15.6 Å². The van der Waals surface area contributed by atoms with Gasteiger partial charge in [0.15, 0.2) is 0 Å². The Morgan fingerprint density at radius 2 is 1.77 bits per heavy atom. The van der Waals surface area contributed by atoms with Crippen LogP contribution in [-0.4, -0.2) is 15.5 Å². The van der Waals surface area contributed by atoms with Crippen LogP contribution in [0.3, 0.4) is 0 Å². The van der Waals surface area contributed by atoms with Gasteiger partial charge in [-0.05, 0) is 42.0 Å². The van der Waals surface area contributed by atoms with Gasteiger partial charge in [-0.15, -0.1) is 0 Å². The number of hydrogen-bond acceptors (Lipinski definition) is 4. The minimum atomic E-state index is -0.464. The number of ether oxygens (including phenoxy) is 1. The Kier molecular flexibility index (Phi) is 6.18. The second-order valence-corrected chi connectivity index (χ2v) is 6.93. The summed E-state index contributed by atoms with van der Waals surface area (Å²) in [4.78, 5) is 29.8. The topological polar surface area (TPSA) is 73.2 Å². The van der Waals surface area contributed by atoms with Crippen molar-refractivity contribution in [1.82, 2.24) is 9.55 Å². The first-order valence-electron chi connectivity index (χ1n) is 9.86. The highest BCUT2D eigenvalue weighted by Gasteiger charge is 2.13. The van der Waals surface area contributed by atoms with Gasteiger partial charge in [0.2, 0.25) is 0 Å². The molecule has 0 radical (unpaired) electrons. The van der Waals surface area contributed by atoms with Gasteiger partial charge in [0.05, 0.1) is 12.2 Å². The van der Waals surface area contributed by atoms with Crippen molar-refractivity contribution in [2.24, 2.45) is 0 Å². The number of hydrogen-bond donors (Lipinski definition) is 1. The van der Waals surface area contributed by atoms with Gasteiger partial charge in [0.25, 0.3) is 11.5 Å². The van der Waals surface area contributed by atoms with E-state index in [0.717, 1.165) is 11.3 Å². The number of carbonyl (C=O) groups excluding carboxylic acids is 1. The Morgan fingerprint density at radius 3 is 2.58 bits per heavy atom. The molecule has 0 atom stereocenters. The minimum absolute atomic E-state index is 0.0817. The first-order valence-corrected chi connectivity index (χ1v) is 9.86. The average Bonchev–Trinajstić information content (AvgIpc) is 2.81. The first kappa shape index (κ1) is 20.1. The van der Waals surface area contributed by atoms with Crippen molar-refractivity contribution in [3.63, 3.8) is 0 Å². The molecule has 0 aliphatic rings. The molecule has 0 bridgehead atoms. The van der Waals surface area contributed by atoms with Crippen LogP contribution in [0, 0.1) is 0 Å². The molecular weight excluding hydrogens is 390 g/mol. The van der Waals surface area contributed by atoms with Gasteiger partial charge >= 0.3 is 0 Å². The van der Waals surface area contributed by atoms with Crippen molar-refractivity contribution in [1.29, 1.82) is 0 Å². The zero-order valence-electron chi connectivity index (χ0n) is 16.8. The Bertz CT molecular complexity index is 1220. The number of rotatable bonds is 7. The molecule has 0 saturated carbocycles. The van der Waals surface area contributed by atoms with E-state index in [-0.39, 0.29) is 11.1 Å². The van der Waals surface area contributed by atoms with Crippen molar-refractivity contribution in [3.05, 3.63) is 124 Å². The molecule has 31 heavy (non-hydrogen) atoms. The van der Waals surface area contributed by atoms with E-state index in [4.69, 9.17) is 4.74 Å². The molecule has 154 valence electrons. The standard InChI is InChI=1S/C25H21N3O3/c29-24(23-13-7-15-28(25(23)30)17-19-8-2-1-3-9-19)27-20-11-6-12-22(16-20)31-18-21-10-4-5-14-26-21/h1-16H,17-18H2,(H,27,29). The molecule has 0 fully saturated rings. The van der Waals surface area contributed by atoms with Crippen LogP contribution in [0.1, 0.15) is 21.6 Å². The monoisotopic (exact) mass is 411 g/mol. The third-order valence-electron chi connectivity index (χ3n) is 4.67. The molecular formula is C25H21N3O3. The number of pyridine rings is 2. The van der Waals surface area contributed by atoms with Crippen LogP contribution in [0.25, 0.3) is 0 Å². The summed E-state index contributed by atoms with van der Waals surface area (Å²) >= 11 is 0. The average molecular weight is 411 g/mol. The summed E-state index contributed by atoms with van der Waals surface area (Å²) in [5.74, 6) is 0.132. The molecule has 1 N–H and O–H groups in total. The van der Waals surface area contributed by atoms with E-state index in [0.29, 0.717) is 24.6 Å². The second-order valence-electron chi connectivity index (χ2n) is 6.93. The normalized spacial score (nSPS) is 10.5. The maximum absolute atomic E-state index is 12.8. The molecule has 0 spiro atoms. The third-order valence-corrected chi connectivity index (χ3v) is 4.67. The highest BCUT2D eigenvalue weighted by atomic mass is 16.5. The Morgan fingerprint density at radius 1 is 0.935 bits per heavy atom. The fraction of sp³-hybridized carbons (Fsp3) is 0.0800. The minimum Gasteiger partial charge on any atom is -0.487 e. The van der Waals surface area contributed by atoms with Crippen molar-refractivity contribution >= 4 is 11.6 Å². The van der Waals surface area contributed by atoms with Crippen LogP contribution in [0.4, 0.5) is 5.69 Å². The number of carbonyl (C=O) groups is 1. The number of amides is 1. The quantitative estimate of drug-likeness (QED) is 0.496. The van der Waals surface area contributed by atoms with Crippen molar-refractivity contribution in [3.8, 4) is 5.75 Å². The maximum atomic E-state index is 12.8.